The van der Waals surface area contributed by atoms with E-state index in [0.29, 0.717) is 23.6 Å². The fraction of sp³-hybridized carbons (Fsp3) is 0.300. The summed E-state index contributed by atoms with van der Waals surface area (Å²) in [5.41, 5.74) is 5.82. The first-order chi connectivity index (χ1) is 7.16. The molecule has 1 aromatic carbocycles. The second-order valence-corrected chi connectivity index (χ2v) is 3.74. The molecule has 1 aromatic rings. The first kappa shape index (κ1) is 10.2. The van der Waals surface area contributed by atoms with Gasteiger partial charge in [-0.25, -0.2) is 9.38 Å². The highest BCUT2D eigenvalue weighted by Gasteiger charge is 2.20. The molecule has 2 N–H and O–H groups in total. The van der Waals surface area contributed by atoms with Gasteiger partial charge in [0, 0.05) is 17.0 Å². The molecule has 3 nitrogen and oxygen atoms in total. The molecule has 0 aromatic heterocycles. The van der Waals surface area contributed by atoms with E-state index in [0.717, 1.165) is 0 Å². The highest BCUT2D eigenvalue weighted by Crippen LogP contribution is 2.22. The molecule has 0 fully saturated rings. The predicted molar refractivity (Wildman–Crippen MR) is 56.5 cm³/mol. The lowest BCUT2D eigenvalue weighted by atomic mass is 10.1. The number of aliphatic imine (C=N–C) groups is 1. The summed E-state index contributed by atoms with van der Waals surface area (Å²) in [6.45, 7) is 0.385. The van der Waals surface area contributed by atoms with Gasteiger partial charge in [0.1, 0.15) is 12.4 Å². The van der Waals surface area contributed by atoms with E-state index in [9.17, 15) is 4.39 Å². The van der Waals surface area contributed by atoms with E-state index in [1.165, 1.54) is 6.07 Å². The molecule has 1 unspecified atom stereocenters. The summed E-state index contributed by atoms with van der Waals surface area (Å²) in [5.74, 6) is -0.317. The fourth-order valence-corrected chi connectivity index (χ4v) is 1.74. The Kier molecular flexibility index (Phi) is 2.77. The molecule has 0 radical (unpaired) electrons. The lowest BCUT2D eigenvalue weighted by molar-refractivity contribution is 0.311. The summed E-state index contributed by atoms with van der Waals surface area (Å²) in [5, 5.41) is 0.413. The quantitative estimate of drug-likeness (QED) is 0.838. The number of nitrogens with zero attached hydrogens (tertiary/aromatic N) is 1. The van der Waals surface area contributed by atoms with Crippen molar-refractivity contribution in [3.8, 4) is 0 Å². The van der Waals surface area contributed by atoms with Crippen LogP contribution in [0.2, 0.25) is 5.02 Å². The van der Waals surface area contributed by atoms with Crippen molar-refractivity contribution < 1.29 is 9.13 Å². The van der Waals surface area contributed by atoms with Crippen LogP contribution in [-0.2, 0) is 11.2 Å². The number of halogens is 2. The molecule has 2 rings (SSSR count). The zero-order valence-electron chi connectivity index (χ0n) is 7.91. The summed E-state index contributed by atoms with van der Waals surface area (Å²) in [6.07, 6.45) is 0.409. The van der Waals surface area contributed by atoms with Crippen molar-refractivity contribution in [3.63, 3.8) is 0 Å². The minimum Gasteiger partial charge on any atom is -0.463 e. The maximum atomic E-state index is 13.4. The average molecular weight is 229 g/mol. The lowest BCUT2D eigenvalue weighted by Gasteiger charge is -2.07. The van der Waals surface area contributed by atoms with Crippen molar-refractivity contribution in [2.75, 3.05) is 6.61 Å². The number of nitrogens with two attached hydrogens (primary N) is 1. The van der Waals surface area contributed by atoms with Crippen molar-refractivity contribution in [2.45, 2.75) is 12.5 Å². The van der Waals surface area contributed by atoms with E-state index in [-0.39, 0.29) is 17.9 Å². The van der Waals surface area contributed by atoms with Crippen LogP contribution in [0.3, 0.4) is 0 Å². The SMILES string of the molecule is NC1=NC(Cc2c(F)cccc2Cl)CO1. The maximum absolute atomic E-state index is 13.4. The van der Waals surface area contributed by atoms with Gasteiger partial charge in [0.2, 0.25) is 0 Å². The molecule has 0 amide bonds. The highest BCUT2D eigenvalue weighted by molar-refractivity contribution is 6.31. The normalized spacial score (nSPS) is 19.9. The van der Waals surface area contributed by atoms with Crippen LogP contribution in [0.5, 0.6) is 0 Å². The molecule has 5 heteroatoms. The van der Waals surface area contributed by atoms with Gasteiger partial charge in [0.15, 0.2) is 0 Å². The van der Waals surface area contributed by atoms with Gasteiger partial charge in [0.05, 0.1) is 6.04 Å². The van der Waals surface area contributed by atoms with Crippen molar-refractivity contribution in [2.24, 2.45) is 10.7 Å². The van der Waals surface area contributed by atoms with Crippen LogP contribution in [0, 0.1) is 5.82 Å². The summed E-state index contributed by atoms with van der Waals surface area (Å²) < 4.78 is 18.4. The van der Waals surface area contributed by atoms with Crippen molar-refractivity contribution in [1.29, 1.82) is 0 Å². The van der Waals surface area contributed by atoms with Gasteiger partial charge < -0.3 is 10.5 Å². The van der Waals surface area contributed by atoms with E-state index in [2.05, 4.69) is 4.99 Å². The Morgan fingerprint density at radius 2 is 2.40 bits per heavy atom. The lowest BCUT2D eigenvalue weighted by Crippen LogP contribution is -2.12. The number of hydrogen-bond donors (Lipinski definition) is 1. The third kappa shape index (κ3) is 2.21. The summed E-state index contributed by atoms with van der Waals surface area (Å²) in [7, 11) is 0. The van der Waals surface area contributed by atoms with Crippen molar-refractivity contribution in [1.82, 2.24) is 0 Å². The largest absolute Gasteiger partial charge is 0.463 e. The zero-order chi connectivity index (χ0) is 10.8. The van der Waals surface area contributed by atoms with Gasteiger partial charge in [-0.3, -0.25) is 0 Å². The van der Waals surface area contributed by atoms with Gasteiger partial charge >= 0.3 is 0 Å². The van der Waals surface area contributed by atoms with E-state index in [1.807, 2.05) is 0 Å². The van der Waals surface area contributed by atoms with Gasteiger partial charge in [-0.2, -0.15) is 0 Å². The molecule has 1 heterocycles. The molecule has 0 spiro atoms. The fourth-order valence-electron chi connectivity index (χ4n) is 1.50. The third-order valence-electron chi connectivity index (χ3n) is 2.23. The molecule has 0 saturated carbocycles. The molecule has 80 valence electrons. The highest BCUT2D eigenvalue weighted by atomic mass is 35.5. The number of hydrogen-bond acceptors (Lipinski definition) is 3. The topological polar surface area (TPSA) is 47.6 Å². The van der Waals surface area contributed by atoms with Crippen molar-refractivity contribution >= 4 is 17.6 Å². The number of ether oxygens (including phenoxy) is 1. The Hall–Kier alpha value is -1.29. The molecular weight excluding hydrogens is 219 g/mol. The van der Waals surface area contributed by atoms with Crippen LogP contribution >= 0.6 is 11.6 Å². The van der Waals surface area contributed by atoms with Crippen LogP contribution in [0.1, 0.15) is 5.56 Å². The molecule has 0 saturated heterocycles. The first-order valence-electron chi connectivity index (χ1n) is 4.56. The van der Waals surface area contributed by atoms with Gasteiger partial charge in [-0.1, -0.05) is 17.7 Å². The minimum absolute atomic E-state index is 0.139. The second kappa shape index (κ2) is 4.06. The Labute approximate surface area is 91.7 Å². The van der Waals surface area contributed by atoms with E-state index in [1.54, 1.807) is 12.1 Å². The second-order valence-electron chi connectivity index (χ2n) is 3.34. The number of amidine groups is 1. The monoisotopic (exact) mass is 228 g/mol. The van der Waals surface area contributed by atoms with Crippen LogP contribution in [-0.4, -0.2) is 18.7 Å². The molecule has 1 aliphatic heterocycles. The molecule has 1 atom stereocenters. The number of rotatable bonds is 2. The average Bonchev–Trinajstić information content (AvgIpc) is 2.58. The zero-order valence-corrected chi connectivity index (χ0v) is 8.67. The minimum atomic E-state index is -0.317. The molecule has 0 aliphatic carbocycles. The predicted octanol–water partition coefficient (Wildman–Crippen LogP) is 1.74. The summed E-state index contributed by atoms with van der Waals surface area (Å²) in [6, 6.07) is 4.63. The van der Waals surface area contributed by atoms with E-state index in [4.69, 9.17) is 22.1 Å². The Morgan fingerprint density at radius 3 is 3.00 bits per heavy atom. The number of benzene rings is 1. The van der Waals surface area contributed by atoms with E-state index >= 15 is 0 Å². The molecular formula is C10H10ClFN2O. The van der Waals surface area contributed by atoms with E-state index < -0.39 is 0 Å². The Balaban J connectivity index is 2.17. The van der Waals surface area contributed by atoms with Crippen LogP contribution in [0.15, 0.2) is 23.2 Å². The molecule has 1 aliphatic rings. The summed E-state index contributed by atoms with van der Waals surface area (Å²) in [4.78, 5) is 4.01. The maximum Gasteiger partial charge on any atom is 0.282 e. The van der Waals surface area contributed by atoms with Crippen LogP contribution < -0.4 is 5.73 Å². The van der Waals surface area contributed by atoms with Crippen molar-refractivity contribution in [3.05, 3.63) is 34.6 Å². The van der Waals surface area contributed by atoms with Gasteiger partial charge in [-0.05, 0) is 12.1 Å². The molecule has 15 heavy (non-hydrogen) atoms. The van der Waals surface area contributed by atoms with Gasteiger partial charge in [-0.15, -0.1) is 0 Å². The van der Waals surface area contributed by atoms with Crippen LogP contribution in [0.25, 0.3) is 0 Å². The summed E-state index contributed by atoms with van der Waals surface area (Å²) >= 11 is 5.88. The van der Waals surface area contributed by atoms with Gasteiger partial charge in [0.25, 0.3) is 6.02 Å². The first-order valence-corrected chi connectivity index (χ1v) is 4.93. The molecule has 0 bridgehead atoms. The standard InChI is InChI=1S/C10H10ClFN2O/c11-8-2-1-3-9(12)7(8)4-6-5-15-10(13)14-6/h1-3,6H,4-5H2,(H2,13,14). The smallest absolute Gasteiger partial charge is 0.282 e. The third-order valence-corrected chi connectivity index (χ3v) is 2.59. The Morgan fingerprint density at radius 1 is 1.60 bits per heavy atom. The van der Waals surface area contributed by atoms with Crippen LogP contribution in [0.4, 0.5) is 4.39 Å². The Bertz CT molecular complexity index is 388.